The Morgan fingerprint density at radius 3 is 2.59 bits per heavy atom. The van der Waals surface area contributed by atoms with E-state index in [9.17, 15) is 22.8 Å². The minimum absolute atomic E-state index is 0.415. The fraction of sp³-hybridized carbons (Fsp3) is 0.375. The van der Waals surface area contributed by atoms with Crippen LogP contribution in [-0.4, -0.2) is 26.9 Å². The molecule has 1 heterocycles. The molecule has 0 spiro atoms. The van der Waals surface area contributed by atoms with Crippen molar-refractivity contribution >= 4 is 0 Å². The summed E-state index contributed by atoms with van der Waals surface area (Å²) in [6.45, 7) is -1.09. The summed E-state index contributed by atoms with van der Waals surface area (Å²) in [7, 11) is 0. The number of aliphatic hydroxyl groups is 1. The Morgan fingerprint density at radius 2 is 2.12 bits per heavy atom. The van der Waals surface area contributed by atoms with Crippen molar-refractivity contribution in [2.45, 2.75) is 18.8 Å². The summed E-state index contributed by atoms with van der Waals surface area (Å²) in [5, 5.41) is 17.2. The van der Waals surface area contributed by atoms with Gasteiger partial charge in [-0.05, 0) is 0 Å². The second-order valence-corrected chi connectivity index (χ2v) is 3.12. The van der Waals surface area contributed by atoms with E-state index in [0.717, 1.165) is 0 Å². The van der Waals surface area contributed by atoms with E-state index in [-0.39, 0.29) is 0 Å². The Balaban J connectivity index is 3.13. The molecular weight excluding hydrogens is 243 g/mol. The molecule has 6 nitrogen and oxygen atoms in total. The number of aromatic amines is 1. The molecule has 9 heteroatoms. The van der Waals surface area contributed by atoms with Gasteiger partial charge in [-0.2, -0.15) is 18.4 Å². The van der Waals surface area contributed by atoms with E-state index in [0.29, 0.717) is 10.8 Å². The number of aliphatic hydroxyl groups excluding tert-OH is 1. The van der Waals surface area contributed by atoms with Crippen LogP contribution < -0.4 is 11.2 Å². The van der Waals surface area contributed by atoms with E-state index in [2.05, 4.69) is 0 Å². The Labute approximate surface area is 91.5 Å². The standard InChI is InChI=1S/C8H6F3N3O3/c9-8(10,11)5(15)3-14-2-4(1-12)6(16)13-7(14)17/h2,5,15H,3H2,(H,13,16,17). The van der Waals surface area contributed by atoms with Gasteiger partial charge in [-0.15, -0.1) is 0 Å². The van der Waals surface area contributed by atoms with Crippen LogP contribution in [0.25, 0.3) is 0 Å². The highest BCUT2D eigenvalue weighted by atomic mass is 19.4. The van der Waals surface area contributed by atoms with Gasteiger partial charge in [-0.1, -0.05) is 0 Å². The number of hydrogen-bond acceptors (Lipinski definition) is 4. The monoisotopic (exact) mass is 249 g/mol. The smallest absolute Gasteiger partial charge is 0.382 e. The first-order chi connectivity index (χ1) is 7.75. The first-order valence-electron chi connectivity index (χ1n) is 4.24. The van der Waals surface area contributed by atoms with Gasteiger partial charge in [0.15, 0.2) is 6.10 Å². The van der Waals surface area contributed by atoms with E-state index in [1.54, 1.807) is 4.98 Å². The van der Waals surface area contributed by atoms with Crippen LogP contribution in [-0.2, 0) is 6.54 Å². The molecule has 1 atom stereocenters. The van der Waals surface area contributed by atoms with Crippen molar-refractivity contribution in [1.82, 2.24) is 9.55 Å². The van der Waals surface area contributed by atoms with E-state index < -0.39 is 35.6 Å². The van der Waals surface area contributed by atoms with Crippen LogP contribution in [0.1, 0.15) is 5.56 Å². The fourth-order valence-electron chi connectivity index (χ4n) is 1.01. The molecule has 92 valence electrons. The molecule has 0 aliphatic rings. The van der Waals surface area contributed by atoms with Gasteiger partial charge >= 0.3 is 11.9 Å². The quantitative estimate of drug-likeness (QED) is 0.726. The molecule has 0 aliphatic heterocycles. The summed E-state index contributed by atoms with van der Waals surface area (Å²) in [6, 6.07) is 1.41. The predicted molar refractivity (Wildman–Crippen MR) is 48.1 cm³/mol. The maximum atomic E-state index is 12.0. The van der Waals surface area contributed by atoms with E-state index >= 15 is 0 Å². The van der Waals surface area contributed by atoms with Gasteiger partial charge in [0.1, 0.15) is 11.6 Å². The molecule has 0 saturated carbocycles. The Bertz CT molecular complexity index is 566. The number of halogens is 3. The van der Waals surface area contributed by atoms with Crippen LogP contribution in [0, 0.1) is 11.3 Å². The van der Waals surface area contributed by atoms with Crippen LogP contribution in [0.15, 0.2) is 15.8 Å². The van der Waals surface area contributed by atoms with Gasteiger partial charge < -0.3 is 5.11 Å². The Morgan fingerprint density at radius 1 is 1.53 bits per heavy atom. The number of H-pyrrole nitrogens is 1. The fourth-order valence-corrected chi connectivity index (χ4v) is 1.01. The van der Waals surface area contributed by atoms with Gasteiger partial charge in [-0.3, -0.25) is 14.3 Å². The van der Waals surface area contributed by atoms with Crippen molar-refractivity contribution in [1.29, 1.82) is 5.26 Å². The van der Waals surface area contributed by atoms with Gasteiger partial charge in [-0.25, -0.2) is 4.79 Å². The summed E-state index contributed by atoms with van der Waals surface area (Å²) >= 11 is 0. The van der Waals surface area contributed by atoms with Gasteiger partial charge in [0, 0.05) is 6.20 Å². The molecule has 1 aromatic heterocycles. The molecule has 2 N–H and O–H groups in total. The molecule has 17 heavy (non-hydrogen) atoms. The highest BCUT2D eigenvalue weighted by molar-refractivity contribution is 5.21. The van der Waals surface area contributed by atoms with Crippen molar-refractivity contribution in [3.05, 3.63) is 32.6 Å². The summed E-state index contributed by atoms with van der Waals surface area (Å²) in [6.07, 6.45) is -6.98. The Kier molecular flexibility index (Phi) is 3.38. The Hall–Kier alpha value is -2.08. The topological polar surface area (TPSA) is 98.9 Å². The average molecular weight is 249 g/mol. The number of alkyl halides is 3. The molecule has 1 aromatic rings. The van der Waals surface area contributed by atoms with Crippen LogP contribution in [0.3, 0.4) is 0 Å². The van der Waals surface area contributed by atoms with Gasteiger partial charge in [0.05, 0.1) is 6.54 Å². The lowest BCUT2D eigenvalue weighted by Crippen LogP contribution is -2.39. The third-order valence-corrected chi connectivity index (χ3v) is 1.88. The molecule has 0 saturated heterocycles. The summed E-state index contributed by atoms with van der Waals surface area (Å²) in [5.41, 5.74) is -2.63. The normalized spacial score (nSPS) is 13.1. The molecule has 0 fully saturated rings. The number of nitrogens with one attached hydrogen (secondary N) is 1. The molecule has 1 rings (SSSR count). The molecule has 0 aliphatic carbocycles. The summed E-state index contributed by atoms with van der Waals surface area (Å²) in [5.74, 6) is 0. The zero-order valence-electron chi connectivity index (χ0n) is 8.15. The largest absolute Gasteiger partial charge is 0.416 e. The zero-order chi connectivity index (χ0) is 13.2. The van der Waals surface area contributed by atoms with Crippen molar-refractivity contribution in [3.63, 3.8) is 0 Å². The SMILES string of the molecule is N#Cc1cn(CC(O)C(F)(F)F)c(=O)[nH]c1=O. The second-order valence-electron chi connectivity index (χ2n) is 3.12. The number of hydrogen-bond donors (Lipinski definition) is 2. The molecular formula is C8H6F3N3O3. The average Bonchev–Trinajstić information content (AvgIpc) is 2.20. The molecule has 0 bridgehead atoms. The maximum Gasteiger partial charge on any atom is 0.416 e. The summed E-state index contributed by atoms with van der Waals surface area (Å²) < 4.78 is 36.5. The summed E-state index contributed by atoms with van der Waals surface area (Å²) in [4.78, 5) is 23.7. The first-order valence-corrected chi connectivity index (χ1v) is 4.24. The van der Waals surface area contributed by atoms with Crippen molar-refractivity contribution in [2.75, 3.05) is 0 Å². The highest BCUT2D eigenvalue weighted by Gasteiger charge is 2.38. The molecule has 1 unspecified atom stereocenters. The lowest BCUT2D eigenvalue weighted by molar-refractivity contribution is -0.207. The zero-order valence-corrected chi connectivity index (χ0v) is 8.15. The van der Waals surface area contributed by atoms with Crippen molar-refractivity contribution in [3.8, 4) is 6.07 Å². The highest BCUT2D eigenvalue weighted by Crippen LogP contribution is 2.20. The van der Waals surface area contributed by atoms with Gasteiger partial charge in [0.2, 0.25) is 0 Å². The van der Waals surface area contributed by atoms with Crippen LogP contribution >= 0.6 is 0 Å². The van der Waals surface area contributed by atoms with E-state index in [1.165, 1.54) is 6.07 Å². The van der Waals surface area contributed by atoms with Crippen molar-refractivity contribution in [2.24, 2.45) is 0 Å². The second kappa shape index (κ2) is 4.42. The molecule has 0 amide bonds. The lowest BCUT2D eigenvalue weighted by Gasteiger charge is -2.15. The third kappa shape index (κ3) is 2.94. The number of rotatable bonds is 2. The molecule has 0 radical (unpaired) electrons. The van der Waals surface area contributed by atoms with E-state index in [4.69, 9.17) is 10.4 Å². The van der Waals surface area contributed by atoms with Crippen LogP contribution in [0.4, 0.5) is 13.2 Å². The minimum atomic E-state index is -4.89. The predicted octanol–water partition coefficient (Wildman–Crippen LogP) is -0.669. The molecule has 0 aromatic carbocycles. The van der Waals surface area contributed by atoms with Crippen LogP contribution in [0.2, 0.25) is 0 Å². The number of nitrogens with zero attached hydrogens (tertiary/aromatic N) is 2. The van der Waals surface area contributed by atoms with Crippen molar-refractivity contribution < 1.29 is 18.3 Å². The van der Waals surface area contributed by atoms with Gasteiger partial charge in [0.25, 0.3) is 5.56 Å². The number of aromatic nitrogens is 2. The number of nitriles is 1. The van der Waals surface area contributed by atoms with E-state index in [1.807, 2.05) is 0 Å². The lowest BCUT2D eigenvalue weighted by atomic mass is 10.3. The minimum Gasteiger partial charge on any atom is -0.382 e. The van der Waals surface area contributed by atoms with Crippen LogP contribution in [0.5, 0.6) is 0 Å². The third-order valence-electron chi connectivity index (χ3n) is 1.88. The maximum absolute atomic E-state index is 12.0. The first kappa shape index (κ1) is 13.0.